The Kier molecular flexibility index (Phi) is 5.58. The molecular formula is C21H27N3OS. The van der Waals surface area contributed by atoms with Crippen LogP contribution in [0.4, 0.5) is 0 Å². The number of hydrogen-bond acceptors (Lipinski definition) is 4. The number of rotatable bonds is 6. The van der Waals surface area contributed by atoms with Gasteiger partial charge in [0.25, 0.3) is 5.56 Å². The first-order valence-electron chi connectivity index (χ1n) is 9.22. The average molecular weight is 370 g/mol. The summed E-state index contributed by atoms with van der Waals surface area (Å²) in [6.45, 7) is 13.6. The summed E-state index contributed by atoms with van der Waals surface area (Å²) in [6, 6.07) is 8.25. The van der Waals surface area contributed by atoms with E-state index in [1.54, 1.807) is 11.3 Å². The van der Waals surface area contributed by atoms with Crippen LogP contribution in [0.25, 0.3) is 10.2 Å². The van der Waals surface area contributed by atoms with Gasteiger partial charge in [0.05, 0.1) is 18.5 Å². The minimum atomic E-state index is 0.0854. The maximum absolute atomic E-state index is 13.4. The molecule has 0 N–H and O–H groups in total. The largest absolute Gasteiger partial charge is 0.297 e. The predicted octanol–water partition coefficient (Wildman–Crippen LogP) is 4.27. The molecule has 3 aromatic rings. The summed E-state index contributed by atoms with van der Waals surface area (Å²) in [5.41, 5.74) is 3.52. The molecule has 0 aliphatic rings. The van der Waals surface area contributed by atoms with E-state index in [0.29, 0.717) is 13.1 Å². The SMILES string of the molecule is CCN(CC)Cc1nc2sc(C)c(C)c2c(=O)n1Cc1ccccc1C. The van der Waals surface area contributed by atoms with Crippen LogP contribution >= 0.6 is 11.3 Å². The highest BCUT2D eigenvalue weighted by molar-refractivity contribution is 7.18. The van der Waals surface area contributed by atoms with Crippen molar-refractivity contribution in [2.45, 2.75) is 47.7 Å². The van der Waals surface area contributed by atoms with Crippen molar-refractivity contribution in [2.75, 3.05) is 13.1 Å². The standard InChI is InChI=1S/C21H27N3OS/c1-6-23(7-2)13-18-22-20-19(15(4)16(5)26-20)21(25)24(18)12-17-11-9-8-10-14(17)3/h8-11H,6-7,12-13H2,1-5H3. The molecular weight excluding hydrogens is 342 g/mol. The van der Waals surface area contributed by atoms with Gasteiger partial charge in [0.2, 0.25) is 0 Å². The van der Waals surface area contributed by atoms with Crippen molar-refractivity contribution >= 4 is 21.6 Å². The van der Waals surface area contributed by atoms with Gasteiger partial charge in [-0.05, 0) is 50.6 Å². The number of nitrogens with zero attached hydrogens (tertiary/aromatic N) is 3. The summed E-state index contributed by atoms with van der Waals surface area (Å²) in [4.78, 5) is 22.6. The van der Waals surface area contributed by atoms with Crippen LogP contribution in [0.1, 0.15) is 41.2 Å². The molecule has 138 valence electrons. The molecule has 0 unspecified atom stereocenters. The number of fused-ring (bicyclic) bond motifs is 1. The van der Waals surface area contributed by atoms with Crippen LogP contribution in [-0.4, -0.2) is 27.5 Å². The summed E-state index contributed by atoms with van der Waals surface area (Å²) in [7, 11) is 0. The molecule has 0 fully saturated rings. The topological polar surface area (TPSA) is 38.1 Å². The van der Waals surface area contributed by atoms with Crippen LogP contribution in [0.2, 0.25) is 0 Å². The van der Waals surface area contributed by atoms with E-state index in [2.05, 4.69) is 44.7 Å². The third-order valence-electron chi connectivity index (χ3n) is 5.22. The fourth-order valence-corrected chi connectivity index (χ4v) is 4.30. The molecule has 0 radical (unpaired) electrons. The van der Waals surface area contributed by atoms with E-state index in [1.165, 1.54) is 16.0 Å². The second-order valence-corrected chi connectivity index (χ2v) is 7.97. The van der Waals surface area contributed by atoms with Gasteiger partial charge < -0.3 is 0 Å². The fraction of sp³-hybridized carbons (Fsp3) is 0.429. The number of thiophene rings is 1. The quantitative estimate of drug-likeness (QED) is 0.651. The monoisotopic (exact) mass is 369 g/mol. The van der Waals surface area contributed by atoms with Crippen molar-refractivity contribution in [3.63, 3.8) is 0 Å². The normalized spacial score (nSPS) is 11.6. The Labute approximate surface area is 159 Å². The van der Waals surface area contributed by atoms with Crippen molar-refractivity contribution in [1.29, 1.82) is 0 Å². The van der Waals surface area contributed by atoms with Crippen LogP contribution in [-0.2, 0) is 13.1 Å². The van der Waals surface area contributed by atoms with Crippen molar-refractivity contribution in [2.24, 2.45) is 0 Å². The molecule has 0 saturated carbocycles. The van der Waals surface area contributed by atoms with Crippen LogP contribution < -0.4 is 5.56 Å². The molecule has 0 saturated heterocycles. The molecule has 4 nitrogen and oxygen atoms in total. The van der Waals surface area contributed by atoms with E-state index in [-0.39, 0.29) is 5.56 Å². The number of benzene rings is 1. The molecule has 0 aliphatic heterocycles. The fourth-order valence-electron chi connectivity index (χ4n) is 3.26. The summed E-state index contributed by atoms with van der Waals surface area (Å²) >= 11 is 1.62. The number of hydrogen-bond donors (Lipinski definition) is 0. The average Bonchev–Trinajstić information content (AvgIpc) is 2.91. The zero-order chi connectivity index (χ0) is 18.8. The van der Waals surface area contributed by atoms with Crippen molar-refractivity contribution < 1.29 is 0 Å². The molecule has 0 atom stereocenters. The highest BCUT2D eigenvalue weighted by Gasteiger charge is 2.18. The minimum Gasteiger partial charge on any atom is -0.297 e. The number of aromatic nitrogens is 2. The van der Waals surface area contributed by atoms with Gasteiger partial charge in [-0.2, -0.15) is 0 Å². The van der Waals surface area contributed by atoms with Crippen molar-refractivity contribution in [3.05, 3.63) is 62.0 Å². The maximum Gasteiger partial charge on any atom is 0.262 e. The molecule has 2 heterocycles. The van der Waals surface area contributed by atoms with Gasteiger partial charge in [-0.15, -0.1) is 11.3 Å². The Balaban J connectivity index is 2.19. The van der Waals surface area contributed by atoms with E-state index < -0.39 is 0 Å². The van der Waals surface area contributed by atoms with E-state index in [4.69, 9.17) is 4.98 Å². The summed E-state index contributed by atoms with van der Waals surface area (Å²) in [6.07, 6.45) is 0. The van der Waals surface area contributed by atoms with Gasteiger partial charge in [0.1, 0.15) is 10.7 Å². The zero-order valence-electron chi connectivity index (χ0n) is 16.3. The first-order chi connectivity index (χ1) is 12.5. The predicted molar refractivity (Wildman–Crippen MR) is 110 cm³/mol. The minimum absolute atomic E-state index is 0.0854. The van der Waals surface area contributed by atoms with Gasteiger partial charge in [-0.25, -0.2) is 4.98 Å². The van der Waals surface area contributed by atoms with Gasteiger partial charge in [-0.1, -0.05) is 38.1 Å². The lowest BCUT2D eigenvalue weighted by Gasteiger charge is -2.21. The number of aryl methyl sites for hydroxylation is 3. The molecule has 0 spiro atoms. The second kappa shape index (κ2) is 7.72. The van der Waals surface area contributed by atoms with Crippen molar-refractivity contribution in [1.82, 2.24) is 14.5 Å². The van der Waals surface area contributed by atoms with E-state index in [0.717, 1.165) is 34.7 Å². The maximum atomic E-state index is 13.4. The Morgan fingerprint density at radius 3 is 2.46 bits per heavy atom. The highest BCUT2D eigenvalue weighted by atomic mass is 32.1. The smallest absolute Gasteiger partial charge is 0.262 e. The van der Waals surface area contributed by atoms with E-state index >= 15 is 0 Å². The molecule has 0 amide bonds. The molecule has 5 heteroatoms. The zero-order valence-corrected chi connectivity index (χ0v) is 17.1. The summed E-state index contributed by atoms with van der Waals surface area (Å²) in [5, 5.41) is 0.782. The van der Waals surface area contributed by atoms with Crippen LogP contribution in [0, 0.1) is 20.8 Å². The van der Waals surface area contributed by atoms with Gasteiger partial charge in [-0.3, -0.25) is 14.3 Å². The van der Waals surface area contributed by atoms with E-state index in [9.17, 15) is 4.79 Å². The van der Waals surface area contributed by atoms with Crippen LogP contribution in [0.3, 0.4) is 0 Å². The molecule has 1 aromatic carbocycles. The molecule has 0 bridgehead atoms. The Morgan fingerprint density at radius 2 is 1.81 bits per heavy atom. The van der Waals surface area contributed by atoms with E-state index in [1.807, 2.05) is 23.6 Å². The summed E-state index contributed by atoms with van der Waals surface area (Å²) in [5.74, 6) is 0.857. The van der Waals surface area contributed by atoms with Gasteiger partial charge in [0.15, 0.2) is 0 Å². The molecule has 3 rings (SSSR count). The molecule has 0 aliphatic carbocycles. The lowest BCUT2D eigenvalue weighted by atomic mass is 10.1. The first kappa shape index (κ1) is 18.8. The van der Waals surface area contributed by atoms with Crippen LogP contribution in [0.15, 0.2) is 29.1 Å². The Morgan fingerprint density at radius 1 is 1.12 bits per heavy atom. The molecule has 2 aromatic heterocycles. The van der Waals surface area contributed by atoms with Crippen LogP contribution in [0.5, 0.6) is 0 Å². The van der Waals surface area contributed by atoms with Gasteiger partial charge >= 0.3 is 0 Å². The highest BCUT2D eigenvalue weighted by Crippen LogP contribution is 2.26. The van der Waals surface area contributed by atoms with Gasteiger partial charge in [0, 0.05) is 4.88 Å². The summed E-state index contributed by atoms with van der Waals surface area (Å²) < 4.78 is 1.88. The third-order valence-corrected chi connectivity index (χ3v) is 6.32. The lowest BCUT2D eigenvalue weighted by molar-refractivity contribution is 0.282. The second-order valence-electron chi connectivity index (χ2n) is 6.77. The third kappa shape index (κ3) is 3.46. The Hall–Kier alpha value is -1.98. The lowest BCUT2D eigenvalue weighted by Crippen LogP contribution is -2.31. The molecule has 26 heavy (non-hydrogen) atoms. The Bertz CT molecular complexity index is 983. The van der Waals surface area contributed by atoms with Crippen molar-refractivity contribution in [3.8, 4) is 0 Å². The first-order valence-corrected chi connectivity index (χ1v) is 10.0.